The van der Waals surface area contributed by atoms with Gasteiger partial charge in [-0.1, -0.05) is 6.92 Å². The Morgan fingerprint density at radius 2 is 1.85 bits per heavy atom. The lowest BCUT2D eigenvalue weighted by atomic mass is 10.3. The molecule has 0 aromatic rings. The lowest BCUT2D eigenvalue weighted by Crippen LogP contribution is -2.32. The maximum Gasteiger partial charge on any atom is 0.240 e. The van der Waals surface area contributed by atoms with E-state index in [0.717, 1.165) is 6.42 Å². The molecule has 0 heterocycles. The molecule has 0 aliphatic rings. The van der Waals surface area contributed by atoms with E-state index in [1.807, 2.05) is 13.8 Å². The summed E-state index contributed by atoms with van der Waals surface area (Å²) < 4.78 is 0. The van der Waals surface area contributed by atoms with Crippen LogP contribution in [0.4, 0.5) is 0 Å². The quantitative estimate of drug-likeness (QED) is 0.615. The highest BCUT2D eigenvalue weighted by Crippen LogP contribution is 1.98. The van der Waals surface area contributed by atoms with Gasteiger partial charge in [-0.25, -0.2) is 0 Å². The normalized spacial score (nSPS) is 9.69. The molecule has 0 aromatic carbocycles. The zero-order valence-electron chi connectivity index (χ0n) is 8.30. The first-order valence-corrected chi connectivity index (χ1v) is 4.64. The van der Waals surface area contributed by atoms with Crippen molar-refractivity contribution in [2.75, 3.05) is 13.1 Å². The van der Waals surface area contributed by atoms with Gasteiger partial charge in [-0.3, -0.25) is 15.3 Å². The Hall–Kier alpha value is -1.06. The van der Waals surface area contributed by atoms with Crippen LogP contribution in [-0.4, -0.2) is 29.8 Å². The maximum atomic E-state index is 11.3. The van der Waals surface area contributed by atoms with E-state index in [-0.39, 0.29) is 12.3 Å². The average molecular weight is 185 g/mol. The van der Waals surface area contributed by atoms with Crippen molar-refractivity contribution in [1.29, 1.82) is 0 Å². The molecule has 2 amide bonds. The molecule has 4 nitrogen and oxygen atoms in total. The fourth-order valence-corrected chi connectivity index (χ4v) is 1.07. The van der Waals surface area contributed by atoms with Gasteiger partial charge >= 0.3 is 0 Å². The van der Waals surface area contributed by atoms with Crippen LogP contribution in [0.3, 0.4) is 0 Å². The summed E-state index contributed by atoms with van der Waals surface area (Å²) in [5.41, 5.74) is 6.71. The summed E-state index contributed by atoms with van der Waals surface area (Å²) >= 11 is 0. The van der Waals surface area contributed by atoms with Gasteiger partial charge in [-0.15, -0.1) is 0 Å². The monoisotopic (exact) mass is 185 g/mol. The van der Waals surface area contributed by atoms with Gasteiger partial charge in [0, 0.05) is 25.9 Å². The second kappa shape index (κ2) is 6.46. The van der Waals surface area contributed by atoms with Gasteiger partial charge < -0.3 is 4.90 Å². The van der Waals surface area contributed by atoms with E-state index >= 15 is 0 Å². The molecule has 0 bridgehead atoms. The van der Waals surface area contributed by atoms with Crippen LogP contribution in [0, 0.1) is 0 Å². The Kier molecular flexibility index (Phi) is 5.93. The van der Waals surface area contributed by atoms with Crippen molar-refractivity contribution in [3.8, 4) is 0 Å². The van der Waals surface area contributed by atoms with Crippen LogP contribution in [0.25, 0.3) is 0 Å². The first-order valence-electron chi connectivity index (χ1n) is 4.64. The van der Waals surface area contributed by atoms with E-state index in [0.29, 0.717) is 19.5 Å². The summed E-state index contributed by atoms with van der Waals surface area (Å²) in [6, 6.07) is 0. The molecule has 1 radical (unpaired) electrons. The standard InChI is InChI=1S/C9H17N2O2/c1-3-5-9(13)11(4-2)7-6-8(10)12/h10H,3-7H2,1-2H3. The highest BCUT2D eigenvalue weighted by molar-refractivity contribution is 5.77. The number of nitrogens with zero attached hydrogens (tertiary/aromatic N) is 1. The van der Waals surface area contributed by atoms with Gasteiger partial charge in [0.1, 0.15) is 0 Å². The van der Waals surface area contributed by atoms with Crippen molar-refractivity contribution in [1.82, 2.24) is 10.6 Å². The Labute approximate surface area is 79.1 Å². The molecule has 0 unspecified atom stereocenters. The molecule has 13 heavy (non-hydrogen) atoms. The lowest BCUT2D eigenvalue weighted by molar-refractivity contribution is -0.131. The summed E-state index contributed by atoms with van der Waals surface area (Å²) in [6.45, 7) is 4.83. The Balaban J connectivity index is 3.87. The molecule has 0 aliphatic heterocycles. The van der Waals surface area contributed by atoms with Gasteiger partial charge in [0.15, 0.2) is 0 Å². The van der Waals surface area contributed by atoms with Crippen LogP contribution in [0.1, 0.15) is 33.1 Å². The summed E-state index contributed by atoms with van der Waals surface area (Å²) in [4.78, 5) is 23.3. The predicted molar refractivity (Wildman–Crippen MR) is 49.9 cm³/mol. The zero-order valence-corrected chi connectivity index (χ0v) is 8.30. The molecule has 0 atom stereocenters. The Morgan fingerprint density at radius 1 is 1.23 bits per heavy atom. The number of amides is 2. The van der Waals surface area contributed by atoms with E-state index in [2.05, 4.69) is 0 Å². The van der Waals surface area contributed by atoms with Crippen LogP contribution in [0.5, 0.6) is 0 Å². The van der Waals surface area contributed by atoms with Crippen molar-refractivity contribution in [3.05, 3.63) is 0 Å². The molecule has 0 spiro atoms. The largest absolute Gasteiger partial charge is 0.342 e. The van der Waals surface area contributed by atoms with Crippen LogP contribution < -0.4 is 5.73 Å². The molecular weight excluding hydrogens is 168 g/mol. The van der Waals surface area contributed by atoms with Gasteiger partial charge in [0.2, 0.25) is 11.8 Å². The molecule has 4 heteroatoms. The third-order valence-corrected chi connectivity index (χ3v) is 1.81. The predicted octanol–water partition coefficient (Wildman–Crippen LogP) is 0.835. The van der Waals surface area contributed by atoms with Crippen molar-refractivity contribution < 1.29 is 9.59 Å². The molecule has 0 aromatic heterocycles. The summed E-state index contributed by atoms with van der Waals surface area (Å²) in [5.74, 6) is -0.533. The van der Waals surface area contributed by atoms with Crippen LogP contribution in [0.15, 0.2) is 0 Å². The molecule has 0 aliphatic carbocycles. The summed E-state index contributed by atoms with van der Waals surface area (Å²) in [5, 5.41) is 0. The number of carbonyl (C=O) groups is 2. The Bertz CT molecular complexity index is 180. The van der Waals surface area contributed by atoms with Gasteiger partial charge in [-0.2, -0.15) is 0 Å². The van der Waals surface area contributed by atoms with Crippen molar-refractivity contribution in [2.24, 2.45) is 0 Å². The molecule has 0 saturated heterocycles. The molecular formula is C9H17N2O2. The summed E-state index contributed by atoms with van der Waals surface area (Å²) in [6.07, 6.45) is 1.49. The minimum Gasteiger partial charge on any atom is -0.342 e. The molecule has 0 rings (SSSR count). The second-order valence-corrected chi connectivity index (χ2v) is 2.90. The van der Waals surface area contributed by atoms with Crippen LogP contribution in [-0.2, 0) is 9.59 Å². The number of hydrogen-bond acceptors (Lipinski definition) is 2. The van der Waals surface area contributed by atoms with Crippen molar-refractivity contribution in [3.63, 3.8) is 0 Å². The number of rotatable bonds is 6. The second-order valence-electron chi connectivity index (χ2n) is 2.90. The lowest BCUT2D eigenvalue weighted by Gasteiger charge is -2.19. The molecule has 1 N–H and O–H groups in total. The van der Waals surface area contributed by atoms with E-state index in [1.54, 1.807) is 4.90 Å². The smallest absolute Gasteiger partial charge is 0.240 e. The highest BCUT2D eigenvalue weighted by Gasteiger charge is 2.10. The molecule has 0 saturated carbocycles. The fourth-order valence-electron chi connectivity index (χ4n) is 1.07. The fraction of sp³-hybridized carbons (Fsp3) is 0.778. The van der Waals surface area contributed by atoms with Crippen LogP contribution in [0.2, 0.25) is 0 Å². The number of nitrogens with one attached hydrogen (secondary N) is 1. The molecule has 75 valence electrons. The van der Waals surface area contributed by atoms with Crippen molar-refractivity contribution >= 4 is 11.8 Å². The number of carbonyl (C=O) groups excluding carboxylic acids is 2. The highest BCUT2D eigenvalue weighted by atomic mass is 16.2. The first-order chi connectivity index (χ1) is 6.11. The minimum absolute atomic E-state index is 0.0752. The topological polar surface area (TPSA) is 61.2 Å². The summed E-state index contributed by atoms with van der Waals surface area (Å²) in [7, 11) is 0. The third kappa shape index (κ3) is 5.22. The van der Waals surface area contributed by atoms with E-state index in [4.69, 9.17) is 5.73 Å². The molecule has 0 fully saturated rings. The van der Waals surface area contributed by atoms with Gasteiger partial charge in [0.25, 0.3) is 0 Å². The van der Waals surface area contributed by atoms with E-state index < -0.39 is 5.91 Å². The Morgan fingerprint density at radius 3 is 2.23 bits per heavy atom. The number of hydrogen-bond donors (Lipinski definition) is 0. The average Bonchev–Trinajstić information content (AvgIpc) is 2.05. The van der Waals surface area contributed by atoms with Gasteiger partial charge in [0.05, 0.1) is 0 Å². The van der Waals surface area contributed by atoms with E-state index in [1.165, 1.54) is 0 Å². The SMILES string of the molecule is CCCC(=O)N(CC)CCC([NH])=O. The van der Waals surface area contributed by atoms with E-state index in [9.17, 15) is 9.59 Å². The third-order valence-electron chi connectivity index (χ3n) is 1.81. The maximum absolute atomic E-state index is 11.3. The minimum atomic E-state index is -0.609. The van der Waals surface area contributed by atoms with Crippen molar-refractivity contribution in [2.45, 2.75) is 33.1 Å². The van der Waals surface area contributed by atoms with Gasteiger partial charge in [-0.05, 0) is 13.3 Å². The van der Waals surface area contributed by atoms with Crippen LogP contribution >= 0.6 is 0 Å². The zero-order chi connectivity index (χ0) is 10.3. The first kappa shape index (κ1) is 11.9.